The minimum atomic E-state index is -0.543. The van der Waals surface area contributed by atoms with Crippen LogP contribution in [-0.2, 0) is 10.2 Å². The molecule has 0 aliphatic carbocycles. The minimum Gasteiger partial charge on any atom is -0.304 e. The Kier molecular flexibility index (Phi) is 4.03. The summed E-state index contributed by atoms with van der Waals surface area (Å²) in [6.45, 7) is 5.23. The molecule has 0 bridgehead atoms. The first kappa shape index (κ1) is 13.8. The van der Waals surface area contributed by atoms with E-state index in [4.69, 9.17) is 5.41 Å². The maximum absolute atomic E-state index is 13.5. The van der Waals surface area contributed by atoms with Gasteiger partial charge in [0.1, 0.15) is 5.82 Å². The molecule has 0 aliphatic heterocycles. The van der Waals surface area contributed by atoms with E-state index >= 15 is 0 Å². The van der Waals surface area contributed by atoms with Crippen molar-refractivity contribution in [2.75, 3.05) is 7.05 Å². The Morgan fingerprint density at radius 1 is 1.59 bits per heavy atom. The number of hydrogen-bond donors (Lipinski definition) is 1. The van der Waals surface area contributed by atoms with Gasteiger partial charge in [-0.15, -0.1) is 11.3 Å². The third-order valence-electron chi connectivity index (χ3n) is 2.70. The first-order chi connectivity index (χ1) is 7.75. The number of rotatable bonds is 3. The van der Waals surface area contributed by atoms with Crippen LogP contribution in [-0.4, -0.2) is 23.7 Å². The van der Waals surface area contributed by atoms with Crippen molar-refractivity contribution in [3.8, 4) is 0 Å². The SMILES string of the molecule is CC(=N)N(C)C(=O)CC(C)(C)c1sccc1F. The van der Waals surface area contributed by atoms with Crippen LogP contribution in [0.3, 0.4) is 0 Å². The highest BCUT2D eigenvalue weighted by molar-refractivity contribution is 7.10. The molecule has 1 aromatic heterocycles. The summed E-state index contributed by atoms with van der Waals surface area (Å²) in [7, 11) is 1.56. The molecule has 0 spiro atoms. The van der Waals surface area contributed by atoms with Gasteiger partial charge in [0, 0.05) is 23.8 Å². The molecule has 5 heteroatoms. The highest BCUT2D eigenvalue weighted by Crippen LogP contribution is 2.33. The molecule has 1 amide bonds. The fourth-order valence-corrected chi connectivity index (χ4v) is 2.44. The van der Waals surface area contributed by atoms with Crippen molar-refractivity contribution in [2.24, 2.45) is 0 Å². The zero-order chi connectivity index (χ0) is 13.2. The van der Waals surface area contributed by atoms with Crippen molar-refractivity contribution in [1.82, 2.24) is 4.90 Å². The molecule has 0 atom stereocenters. The lowest BCUT2D eigenvalue weighted by Gasteiger charge is -2.25. The number of carbonyl (C=O) groups excluding carboxylic acids is 1. The summed E-state index contributed by atoms with van der Waals surface area (Å²) >= 11 is 1.32. The second kappa shape index (κ2) is 4.96. The van der Waals surface area contributed by atoms with Gasteiger partial charge < -0.3 is 4.90 Å². The lowest BCUT2D eigenvalue weighted by Crippen LogP contribution is -2.35. The van der Waals surface area contributed by atoms with Gasteiger partial charge in [-0.3, -0.25) is 10.2 Å². The highest BCUT2D eigenvalue weighted by Gasteiger charge is 2.30. The van der Waals surface area contributed by atoms with Crippen LogP contribution in [0.5, 0.6) is 0 Å². The van der Waals surface area contributed by atoms with E-state index in [2.05, 4.69) is 0 Å². The van der Waals surface area contributed by atoms with E-state index in [0.717, 1.165) is 0 Å². The van der Waals surface area contributed by atoms with Gasteiger partial charge in [-0.2, -0.15) is 0 Å². The second-order valence-electron chi connectivity index (χ2n) is 4.70. The lowest BCUT2D eigenvalue weighted by atomic mass is 9.86. The van der Waals surface area contributed by atoms with Crippen LogP contribution in [0.15, 0.2) is 11.4 Å². The molecule has 0 saturated heterocycles. The highest BCUT2D eigenvalue weighted by atomic mass is 32.1. The standard InChI is InChI=1S/C12H17FN2OS/c1-8(14)15(4)10(16)7-12(2,3)11-9(13)5-6-17-11/h5-6,14H,7H2,1-4H3. The molecule has 0 aliphatic rings. The maximum atomic E-state index is 13.5. The number of amides is 1. The lowest BCUT2D eigenvalue weighted by molar-refractivity contribution is -0.127. The number of halogens is 1. The molecule has 1 N–H and O–H groups in total. The van der Waals surface area contributed by atoms with Crippen molar-refractivity contribution in [2.45, 2.75) is 32.6 Å². The van der Waals surface area contributed by atoms with E-state index in [9.17, 15) is 9.18 Å². The van der Waals surface area contributed by atoms with E-state index in [-0.39, 0.29) is 24.0 Å². The molecule has 0 radical (unpaired) electrons. The van der Waals surface area contributed by atoms with Crippen molar-refractivity contribution in [3.05, 3.63) is 22.1 Å². The van der Waals surface area contributed by atoms with E-state index < -0.39 is 5.41 Å². The van der Waals surface area contributed by atoms with Gasteiger partial charge in [0.15, 0.2) is 0 Å². The van der Waals surface area contributed by atoms with Crippen LogP contribution >= 0.6 is 11.3 Å². The molecule has 0 saturated carbocycles. The van der Waals surface area contributed by atoms with Crippen molar-refractivity contribution < 1.29 is 9.18 Å². The third-order valence-corrected chi connectivity index (χ3v) is 3.96. The van der Waals surface area contributed by atoms with Gasteiger partial charge >= 0.3 is 0 Å². The number of hydrogen-bond acceptors (Lipinski definition) is 3. The average Bonchev–Trinajstić information content (AvgIpc) is 2.63. The third kappa shape index (κ3) is 3.12. The molecule has 0 fully saturated rings. The van der Waals surface area contributed by atoms with E-state index in [1.807, 2.05) is 13.8 Å². The normalized spacial score (nSPS) is 11.4. The Bertz CT molecular complexity index is 439. The van der Waals surface area contributed by atoms with Gasteiger partial charge in [0.2, 0.25) is 5.91 Å². The quantitative estimate of drug-likeness (QED) is 0.655. The van der Waals surface area contributed by atoms with Crippen molar-refractivity contribution in [3.63, 3.8) is 0 Å². The molecule has 1 heterocycles. The number of nitrogens with zero attached hydrogens (tertiary/aromatic N) is 1. The first-order valence-corrected chi connectivity index (χ1v) is 6.19. The minimum absolute atomic E-state index is 0.171. The zero-order valence-electron chi connectivity index (χ0n) is 10.5. The molecular formula is C12H17FN2OS. The van der Waals surface area contributed by atoms with Crippen molar-refractivity contribution >= 4 is 23.1 Å². The first-order valence-electron chi connectivity index (χ1n) is 5.31. The summed E-state index contributed by atoms with van der Waals surface area (Å²) in [6.07, 6.45) is 0.192. The molecular weight excluding hydrogens is 239 g/mol. The Labute approximate surface area is 105 Å². The summed E-state index contributed by atoms with van der Waals surface area (Å²) in [5, 5.41) is 9.07. The van der Waals surface area contributed by atoms with Gasteiger partial charge in [-0.05, 0) is 18.4 Å². The van der Waals surface area contributed by atoms with Gasteiger partial charge in [-0.25, -0.2) is 4.39 Å². The largest absolute Gasteiger partial charge is 0.304 e. The maximum Gasteiger partial charge on any atom is 0.228 e. The van der Waals surface area contributed by atoms with Gasteiger partial charge in [0.25, 0.3) is 0 Å². The van der Waals surface area contributed by atoms with Crippen LogP contribution < -0.4 is 0 Å². The summed E-state index contributed by atoms with van der Waals surface area (Å²) in [5.74, 6) is -0.241. The summed E-state index contributed by atoms with van der Waals surface area (Å²) < 4.78 is 13.5. The van der Waals surface area contributed by atoms with Gasteiger partial charge in [-0.1, -0.05) is 13.8 Å². The Hall–Kier alpha value is -1.23. The number of nitrogens with one attached hydrogen (secondary N) is 1. The monoisotopic (exact) mass is 256 g/mol. The Balaban J connectivity index is 2.84. The van der Waals surface area contributed by atoms with E-state index in [1.165, 1.54) is 22.3 Å². The molecule has 1 rings (SSSR count). The predicted molar refractivity (Wildman–Crippen MR) is 68.1 cm³/mol. The molecule has 94 valence electrons. The summed E-state index contributed by atoms with van der Waals surface area (Å²) in [6, 6.07) is 1.41. The topological polar surface area (TPSA) is 44.2 Å². The predicted octanol–water partition coefficient (Wildman–Crippen LogP) is 3.01. The molecule has 3 nitrogen and oxygen atoms in total. The number of carbonyl (C=O) groups is 1. The van der Waals surface area contributed by atoms with Crippen LogP contribution in [0.25, 0.3) is 0 Å². The van der Waals surface area contributed by atoms with Crippen LogP contribution in [0.2, 0.25) is 0 Å². The zero-order valence-corrected chi connectivity index (χ0v) is 11.3. The summed E-state index contributed by atoms with van der Waals surface area (Å²) in [4.78, 5) is 13.7. The molecule has 1 aromatic rings. The van der Waals surface area contributed by atoms with Crippen LogP contribution in [0.4, 0.5) is 4.39 Å². The Morgan fingerprint density at radius 2 is 2.18 bits per heavy atom. The molecule has 0 unspecified atom stereocenters. The fraction of sp³-hybridized carbons (Fsp3) is 0.500. The Morgan fingerprint density at radius 3 is 2.59 bits per heavy atom. The average molecular weight is 256 g/mol. The summed E-state index contributed by atoms with van der Waals surface area (Å²) in [5.41, 5.74) is -0.543. The second-order valence-corrected chi connectivity index (χ2v) is 5.61. The van der Waals surface area contributed by atoms with Gasteiger partial charge in [0.05, 0.1) is 5.84 Å². The molecule has 17 heavy (non-hydrogen) atoms. The number of thiophene rings is 1. The smallest absolute Gasteiger partial charge is 0.228 e. The van der Waals surface area contributed by atoms with Crippen molar-refractivity contribution in [1.29, 1.82) is 5.41 Å². The van der Waals surface area contributed by atoms with Crippen LogP contribution in [0.1, 0.15) is 32.1 Å². The molecule has 0 aromatic carbocycles. The fourth-order valence-electron chi connectivity index (χ4n) is 1.54. The van der Waals surface area contributed by atoms with E-state index in [0.29, 0.717) is 4.88 Å². The van der Waals surface area contributed by atoms with E-state index in [1.54, 1.807) is 19.4 Å². The number of amidine groups is 1. The van der Waals surface area contributed by atoms with Crippen LogP contribution in [0, 0.1) is 11.2 Å².